The maximum Gasteiger partial charge on any atom is 0.0412 e. The van der Waals surface area contributed by atoms with E-state index < -0.39 is 0 Å². The molecule has 2 heteroatoms. The Morgan fingerprint density at radius 1 is 1.19 bits per heavy atom. The quantitative estimate of drug-likeness (QED) is 0.801. The summed E-state index contributed by atoms with van der Waals surface area (Å²) < 4.78 is 0. The number of benzene rings is 1. The highest BCUT2D eigenvalue weighted by Crippen LogP contribution is 2.23. The molecule has 0 aromatic heterocycles. The summed E-state index contributed by atoms with van der Waals surface area (Å²) >= 11 is 0. The minimum Gasteiger partial charge on any atom is -0.381 e. The number of anilines is 1. The second kappa shape index (κ2) is 4.88. The summed E-state index contributed by atoms with van der Waals surface area (Å²) in [6, 6.07) is 7.31. The van der Waals surface area contributed by atoms with E-state index in [1.165, 1.54) is 36.1 Å². The number of hydrogen-bond donors (Lipinski definition) is 2. The van der Waals surface area contributed by atoms with Gasteiger partial charge in [-0.2, -0.15) is 0 Å². The molecule has 1 aromatic rings. The molecule has 2 nitrogen and oxygen atoms in total. The van der Waals surface area contributed by atoms with E-state index in [9.17, 15) is 0 Å². The lowest BCUT2D eigenvalue weighted by atomic mass is 9.90. The molecule has 1 aliphatic rings. The Hall–Kier alpha value is -1.02. The van der Waals surface area contributed by atoms with Gasteiger partial charge in [-0.15, -0.1) is 0 Å². The van der Waals surface area contributed by atoms with E-state index in [2.05, 4.69) is 37.4 Å². The van der Waals surface area contributed by atoms with Crippen molar-refractivity contribution in [3.63, 3.8) is 0 Å². The second-order valence-corrected chi connectivity index (χ2v) is 5.02. The normalized spacial score (nSPS) is 25.4. The van der Waals surface area contributed by atoms with Crippen molar-refractivity contribution in [2.45, 2.75) is 51.6 Å². The summed E-state index contributed by atoms with van der Waals surface area (Å²) in [7, 11) is 0. The first kappa shape index (κ1) is 11.5. The lowest BCUT2D eigenvalue weighted by Crippen LogP contribution is -2.42. The van der Waals surface area contributed by atoms with Gasteiger partial charge < -0.3 is 11.1 Å². The maximum atomic E-state index is 6.15. The average Bonchev–Trinajstić information content (AvgIpc) is 2.27. The van der Waals surface area contributed by atoms with E-state index in [-0.39, 0.29) is 0 Å². The van der Waals surface area contributed by atoms with Crippen LogP contribution >= 0.6 is 0 Å². The van der Waals surface area contributed by atoms with Crippen molar-refractivity contribution < 1.29 is 0 Å². The van der Waals surface area contributed by atoms with E-state index in [4.69, 9.17) is 5.73 Å². The van der Waals surface area contributed by atoms with Crippen LogP contribution in [0.1, 0.15) is 36.8 Å². The highest BCUT2D eigenvalue weighted by Gasteiger charge is 2.21. The second-order valence-electron chi connectivity index (χ2n) is 5.02. The number of nitrogens with two attached hydrogens (primary N) is 1. The van der Waals surface area contributed by atoms with Gasteiger partial charge in [0.25, 0.3) is 0 Å². The van der Waals surface area contributed by atoms with Crippen molar-refractivity contribution in [2.75, 3.05) is 5.32 Å². The Morgan fingerprint density at radius 3 is 2.69 bits per heavy atom. The number of rotatable bonds is 2. The van der Waals surface area contributed by atoms with Gasteiger partial charge >= 0.3 is 0 Å². The molecule has 3 N–H and O–H groups in total. The highest BCUT2D eigenvalue weighted by atomic mass is 15.0. The Balaban J connectivity index is 2.10. The minimum atomic E-state index is 0.314. The first-order chi connectivity index (χ1) is 7.66. The van der Waals surface area contributed by atoms with Crippen LogP contribution < -0.4 is 11.1 Å². The van der Waals surface area contributed by atoms with Crippen LogP contribution in [-0.4, -0.2) is 12.1 Å². The molecule has 0 aliphatic heterocycles. The molecular formula is C14H22N2. The Bertz CT molecular complexity index is 360. The van der Waals surface area contributed by atoms with Gasteiger partial charge in [-0.3, -0.25) is 0 Å². The molecule has 1 saturated carbocycles. The summed E-state index contributed by atoms with van der Waals surface area (Å²) in [5, 5.41) is 3.61. The Morgan fingerprint density at radius 2 is 1.94 bits per heavy atom. The predicted molar refractivity (Wildman–Crippen MR) is 69.8 cm³/mol. The lowest BCUT2D eigenvalue weighted by molar-refractivity contribution is 0.404. The fraction of sp³-hybridized carbons (Fsp3) is 0.571. The fourth-order valence-electron chi connectivity index (χ4n) is 2.43. The van der Waals surface area contributed by atoms with Crippen molar-refractivity contribution in [3.05, 3.63) is 29.3 Å². The third-order valence-corrected chi connectivity index (χ3v) is 3.55. The highest BCUT2D eigenvalue weighted by molar-refractivity contribution is 5.53. The van der Waals surface area contributed by atoms with E-state index in [1.54, 1.807) is 0 Å². The summed E-state index contributed by atoms with van der Waals surface area (Å²) in [4.78, 5) is 0. The molecular weight excluding hydrogens is 196 g/mol. The smallest absolute Gasteiger partial charge is 0.0412 e. The van der Waals surface area contributed by atoms with Crippen LogP contribution in [0.4, 0.5) is 5.69 Å². The van der Waals surface area contributed by atoms with E-state index in [1.807, 2.05) is 0 Å². The van der Waals surface area contributed by atoms with Gasteiger partial charge in [0.2, 0.25) is 0 Å². The maximum absolute atomic E-state index is 6.15. The van der Waals surface area contributed by atoms with Crippen LogP contribution in [0.25, 0.3) is 0 Å². The van der Waals surface area contributed by atoms with Crippen LogP contribution in [0.5, 0.6) is 0 Å². The third kappa shape index (κ3) is 2.56. The van der Waals surface area contributed by atoms with Gasteiger partial charge in [0, 0.05) is 17.8 Å². The molecule has 16 heavy (non-hydrogen) atoms. The lowest BCUT2D eigenvalue weighted by Gasteiger charge is -2.30. The van der Waals surface area contributed by atoms with Crippen molar-refractivity contribution in [2.24, 2.45) is 5.73 Å². The van der Waals surface area contributed by atoms with Gasteiger partial charge in [-0.1, -0.05) is 25.0 Å². The van der Waals surface area contributed by atoms with E-state index in [0.29, 0.717) is 12.1 Å². The Kier molecular flexibility index (Phi) is 3.49. The molecule has 1 fully saturated rings. The molecule has 0 saturated heterocycles. The van der Waals surface area contributed by atoms with Crippen LogP contribution in [0.15, 0.2) is 18.2 Å². The summed E-state index contributed by atoms with van der Waals surface area (Å²) in [5.74, 6) is 0. The largest absolute Gasteiger partial charge is 0.381 e. The van der Waals surface area contributed by atoms with E-state index in [0.717, 1.165) is 6.42 Å². The number of nitrogens with one attached hydrogen (secondary N) is 1. The molecule has 2 atom stereocenters. The van der Waals surface area contributed by atoms with Gasteiger partial charge in [0.05, 0.1) is 0 Å². The van der Waals surface area contributed by atoms with Gasteiger partial charge in [0.15, 0.2) is 0 Å². The number of hydrogen-bond acceptors (Lipinski definition) is 2. The van der Waals surface area contributed by atoms with Crippen LogP contribution in [0.3, 0.4) is 0 Å². The third-order valence-electron chi connectivity index (χ3n) is 3.55. The zero-order chi connectivity index (χ0) is 11.5. The van der Waals surface area contributed by atoms with Crippen molar-refractivity contribution in [1.82, 2.24) is 0 Å². The van der Waals surface area contributed by atoms with Gasteiger partial charge in [-0.05, 0) is 43.9 Å². The Labute approximate surface area is 98.2 Å². The van der Waals surface area contributed by atoms with Crippen molar-refractivity contribution in [1.29, 1.82) is 0 Å². The molecule has 0 bridgehead atoms. The molecule has 0 radical (unpaired) electrons. The van der Waals surface area contributed by atoms with Crippen LogP contribution in [0, 0.1) is 13.8 Å². The van der Waals surface area contributed by atoms with Gasteiger partial charge in [0.1, 0.15) is 0 Å². The molecule has 88 valence electrons. The minimum absolute atomic E-state index is 0.314. The van der Waals surface area contributed by atoms with Crippen molar-refractivity contribution >= 4 is 5.69 Å². The summed E-state index contributed by atoms with van der Waals surface area (Å²) in [6.45, 7) is 4.28. The zero-order valence-electron chi connectivity index (χ0n) is 10.3. The van der Waals surface area contributed by atoms with Gasteiger partial charge in [-0.25, -0.2) is 0 Å². The molecule has 1 aromatic carbocycles. The molecule has 0 amide bonds. The molecule has 0 heterocycles. The molecule has 2 rings (SSSR count). The first-order valence-electron chi connectivity index (χ1n) is 6.26. The molecule has 2 unspecified atom stereocenters. The molecule has 1 aliphatic carbocycles. The first-order valence-corrected chi connectivity index (χ1v) is 6.26. The monoisotopic (exact) mass is 218 g/mol. The fourth-order valence-corrected chi connectivity index (χ4v) is 2.43. The SMILES string of the molecule is Cc1ccc(C)c(NC2CCCCC2N)c1. The summed E-state index contributed by atoms with van der Waals surface area (Å²) in [5.41, 5.74) is 10.0. The molecule has 0 spiro atoms. The van der Waals surface area contributed by atoms with Crippen molar-refractivity contribution in [3.8, 4) is 0 Å². The number of aryl methyl sites for hydroxylation is 2. The zero-order valence-corrected chi connectivity index (χ0v) is 10.3. The summed E-state index contributed by atoms with van der Waals surface area (Å²) in [6.07, 6.45) is 4.94. The van der Waals surface area contributed by atoms with E-state index >= 15 is 0 Å². The average molecular weight is 218 g/mol. The topological polar surface area (TPSA) is 38.0 Å². The van der Waals surface area contributed by atoms with Crippen LogP contribution in [-0.2, 0) is 0 Å². The standard InChI is InChI=1S/C14H22N2/c1-10-7-8-11(2)14(9-10)16-13-6-4-3-5-12(13)15/h7-9,12-13,16H,3-6,15H2,1-2H3. The predicted octanol–water partition coefficient (Wildman–Crippen LogP) is 2.99. The van der Waals surface area contributed by atoms with Crippen LogP contribution in [0.2, 0.25) is 0 Å².